The monoisotopic (exact) mass is 386 g/mol. The largest absolute Gasteiger partial charge is 0.507 e. The fraction of sp³-hybridized carbons (Fsp3) is 0.480. The van der Waals surface area contributed by atoms with Crippen LogP contribution in [-0.4, -0.2) is 18.0 Å². The number of aldehydes is 1. The van der Waals surface area contributed by atoms with E-state index in [0.717, 1.165) is 25.2 Å². The quantitative estimate of drug-likeness (QED) is 0.157. The van der Waals surface area contributed by atoms with Crippen molar-refractivity contribution in [2.75, 3.05) is 6.61 Å². The zero-order valence-corrected chi connectivity index (χ0v) is 17.7. The second kappa shape index (κ2) is 19.5. The number of carbonyl (C=O) groups is 1. The summed E-state index contributed by atoms with van der Waals surface area (Å²) in [4.78, 5) is 10.1. The van der Waals surface area contributed by atoms with Gasteiger partial charge in [0.15, 0.2) is 6.29 Å². The molecule has 1 rings (SSSR count). The SMILES string of the molecule is C=C/C=C/C=C(/CCCCCCCCC)OCCC.O=Cc1ccccc1O. The molecule has 0 fully saturated rings. The first-order chi connectivity index (χ1) is 13.7. The van der Waals surface area contributed by atoms with E-state index >= 15 is 0 Å². The predicted molar refractivity (Wildman–Crippen MR) is 120 cm³/mol. The van der Waals surface area contributed by atoms with Crippen LogP contribution < -0.4 is 0 Å². The van der Waals surface area contributed by atoms with Crippen LogP contribution in [0.5, 0.6) is 5.75 Å². The zero-order chi connectivity index (χ0) is 20.9. The Morgan fingerprint density at radius 2 is 1.68 bits per heavy atom. The smallest absolute Gasteiger partial charge is 0.153 e. The van der Waals surface area contributed by atoms with Crippen LogP contribution in [0.15, 0.2) is 60.9 Å². The molecule has 3 nitrogen and oxygen atoms in total. The van der Waals surface area contributed by atoms with E-state index in [2.05, 4.69) is 26.5 Å². The summed E-state index contributed by atoms with van der Waals surface area (Å²) in [5, 5.41) is 8.88. The Hall–Kier alpha value is -2.29. The molecule has 0 heterocycles. The average Bonchev–Trinajstić information content (AvgIpc) is 2.71. The third-order valence-corrected chi connectivity index (χ3v) is 4.11. The van der Waals surface area contributed by atoms with Crippen LogP contribution in [-0.2, 0) is 4.74 Å². The van der Waals surface area contributed by atoms with Gasteiger partial charge in [-0.1, -0.05) is 89.3 Å². The van der Waals surface area contributed by atoms with Gasteiger partial charge in [0.05, 0.1) is 17.9 Å². The molecule has 0 saturated carbocycles. The van der Waals surface area contributed by atoms with Crippen LogP contribution in [0.25, 0.3) is 0 Å². The molecule has 0 bridgehead atoms. The van der Waals surface area contributed by atoms with Crippen LogP contribution in [0.2, 0.25) is 0 Å². The summed E-state index contributed by atoms with van der Waals surface area (Å²) >= 11 is 0. The van der Waals surface area contributed by atoms with Gasteiger partial charge in [-0.15, -0.1) is 0 Å². The summed E-state index contributed by atoms with van der Waals surface area (Å²) in [6.45, 7) is 8.90. The van der Waals surface area contributed by atoms with Crippen LogP contribution in [0.4, 0.5) is 0 Å². The molecular weight excluding hydrogens is 348 g/mol. The van der Waals surface area contributed by atoms with E-state index in [4.69, 9.17) is 9.84 Å². The van der Waals surface area contributed by atoms with E-state index in [-0.39, 0.29) is 5.75 Å². The van der Waals surface area contributed by atoms with Gasteiger partial charge in [0.1, 0.15) is 5.75 Å². The van der Waals surface area contributed by atoms with Gasteiger partial charge in [0, 0.05) is 6.42 Å². The van der Waals surface area contributed by atoms with Gasteiger partial charge in [0.25, 0.3) is 0 Å². The van der Waals surface area contributed by atoms with Crippen molar-refractivity contribution in [2.45, 2.75) is 71.6 Å². The second-order valence-corrected chi connectivity index (χ2v) is 6.65. The minimum atomic E-state index is 0.0347. The lowest BCUT2D eigenvalue weighted by atomic mass is 10.1. The molecule has 1 aromatic rings. The van der Waals surface area contributed by atoms with Crippen molar-refractivity contribution in [2.24, 2.45) is 0 Å². The van der Waals surface area contributed by atoms with Gasteiger partial charge >= 0.3 is 0 Å². The molecule has 1 N–H and O–H groups in total. The van der Waals surface area contributed by atoms with E-state index < -0.39 is 0 Å². The van der Waals surface area contributed by atoms with Gasteiger partial charge < -0.3 is 9.84 Å². The molecule has 3 heteroatoms. The maximum Gasteiger partial charge on any atom is 0.153 e. The van der Waals surface area contributed by atoms with Crippen LogP contribution >= 0.6 is 0 Å². The molecule has 1 aromatic carbocycles. The molecule has 0 aliphatic carbocycles. The number of phenolic OH excluding ortho intramolecular Hbond substituents is 1. The van der Waals surface area contributed by atoms with E-state index in [0.29, 0.717) is 11.8 Å². The van der Waals surface area contributed by atoms with Gasteiger partial charge in [-0.05, 0) is 31.1 Å². The number of carbonyl (C=O) groups excluding carboxylic acids is 1. The molecule has 0 aliphatic rings. The van der Waals surface area contributed by atoms with E-state index in [1.54, 1.807) is 24.3 Å². The summed E-state index contributed by atoms with van der Waals surface area (Å²) < 4.78 is 5.76. The third-order valence-electron chi connectivity index (χ3n) is 4.11. The summed E-state index contributed by atoms with van der Waals surface area (Å²) in [5.74, 6) is 1.15. The molecule has 0 radical (unpaired) electrons. The number of ether oxygens (including phenoxy) is 1. The number of rotatable bonds is 14. The predicted octanol–water partition coefficient (Wildman–Crippen LogP) is 7.38. The highest BCUT2D eigenvalue weighted by Gasteiger charge is 1.98. The minimum absolute atomic E-state index is 0.0347. The highest BCUT2D eigenvalue weighted by atomic mass is 16.5. The zero-order valence-electron chi connectivity index (χ0n) is 17.7. The van der Waals surface area contributed by atoms with Gasteiger partial charge in [-0.25, -0.2) is 0 Å². The maximum absolute atomic E-state index is 10.1. The highest BCUT2D eigenvalue weighted by Crippen LogP contribution is 2.14. The lowest BCUT2D eigenvalue weighted by Crippen LogP contribution is -1.94. The number of benzene rings is 1. The summed E-state index contributed by atoms with van der Waals surface area (Å²) in [6, 6.07) is 6.40. The van der Waals surface area contributed by atoms with Crippen molar-refractivity contribution in [3.63, 3.8) is 0 Å². The fourth-order valence-electron chi connectivity index (χ4n) is 2.52. The average molecular weight is 387 g/mol. The van der Waals surface area contributed by atoms with Crippen molar-refractivity contribution >= 4 is 6.29 Å². The number of phenols is 1. The molecular formula is C25H38O3. The van der Waals surface area contributed by atoms with Crippen LogP contribution in [0.3, 0.4) is 0 Å². The first kappa shape index (κ1) is 25.7. The molecule has 0 aliphatic heterocycles. The number of aromatic hydroxyl groups is 1. The van der Waals surface area contributed by atoms with Crippen molar-refractivity contribution in [3.05, 3.63) is 66.5 Å². The van der Waals surface area contributed by atoms with Crippen molar-refractivity contribution < 1.29 is 14.6 Å². The van der Waals surface area contributed by atoms with Crippen molar-refractivity contribution in [1.82, 2.24) is 0 Å². The molecule has 0 saturated heterocycles. The van der Waals surface area contributed by atoms with Gasteiger partial charge in [-0.2, -0.15) is 0 Å². The standard InChI is InChI=1S/C18H32O.C7H6O2/c1-4-7-9-10-11-12-14-16-18(19-17-6-3)15-13-8-5-2;8-5-6-3-1-2-4-7(6)9/h5,8,13,15H,2,4,6-7,9-12,14,16-17H2,1,3H3;1-5,9H/b13-8+,18-15-;. The van der Waals surface area contributed by atoms with Gasteiger partial charge in [-0.3, -0.25) is 4.79 Å². The summed E-state index contributed by atoms with van der Waals surface area (Å²) in [6.07, 6.45) is 20.0. The number of hydrogen-bond acceptors (Lipinski definition) is 3. The van der Waals surface area contributed by atoms with Crippen LogP contribution in [0, 0.1) is 0 Å². The number of allylic oxidation sites excluding steroid dienone is 5. The number of para-hydroxylation sites is 1. The number of hydrogen-bond donors (Lipinski definition) is 1. The molecule has 28 heavy (non-hydrogen) atoms. The van der Waals surface area contributed by atoms with Crippen molar-refractivity contribution in [3.8, 4) is 5.75 Å². The maximum atomic E-state index is 10.1. The first-order valence-electron chi connectivity index (χ1n) is 10.5. The Kier molecular flexibility index (Phi) is 17.9. The molecule has 0 unspecified atom stereocenters. The Bertz CT molecular complexity index is 573. The number of unbranched alkanes of at least 4 members (excludes halogenated alkanes) is 6. The Balaban J connectivity index is 0.000000668. The molecule has 0 atom stereocenters. The molecule has 0 spiro atoms. The minimum Gasteiger partial charge on any atom is -0.507 e. The highest BCUT2D eigenvalue weighted by molar-refractivity contribution is 5.78. The summed E-state index contributed by atoms with van der Waals surface area (Å²) in [7, 11) is 0. The van der Waals surface area contributed by atoms with E-state index in [9.17, 15) is 4.79 Å². The van der Waals surface area contributed by atoms with Crippen LogP contribution in [0.1, 0.15) is 82.0 Å². The normalized spacial score (nSPS) is 11.0. The third kappa shape index (κ3) is 14.8. The molecule has 0 aromatic heterocycles. The Labute approximate surface area is 171 Å². The molecule has 156 valence electrons. The Morgan fingerprint density at radius 1 is 1.00 bits per heavy atom. The summed E-state index contributed by atoms with van der Waals surface area (Å²) in [5.41, 5.74) is 0.331. The lowest BCUT2D eigenvalue weighted by molar-refractivity contribution is 0.112. The fourth-order valence-corrected chi connectivity index (χ4v) is 2.52. The van der Waals surface area contributed by atoms with Gasteiger partial charge in [0.2, 0.25) is 0 Å². The topological polar surface area (TPSA) is 46.5 Å². The van der Waals surface area contributed by atoms with E-state index in [1.165, 1.54) is 51.0 Å². The lowest BCUT2D eigenvalue weighted by Gasteiger charge is -2.09. The first-order valence-corrected chi connectivity index (χ1v) is 10.5. The van der Waals surface area contributed by atoms with Crippen molar-refractivity contribution in [1.29, 1.82) is 0 Å². The molecule has 0 amide bonds. The van der Waals surface area contributed by atoms with E-state index in [1.807, 2.05) is 12.2 Å². The second-order valence-electron chi connectivity index (χ2n) is 6.65. The Morgan fingerprint density at radius 3 is 2.25 bits per heavy atom.